The summed E-state index contributed by atoms with van der Waals surface area (Å²) in [6.07, 6.45) is 0. The van der Waals surface area contributed by atoms with Crippen LogP contribution in [-0.2, 0) is 4.79 Å². The van der Waals surface area contributed by atoms with Crippen molar-refractivity contribution in [1.29, 1.82) is 0 Å². The van der Waals surface area contributed by atoms with Crippen LogP contribution in [0.2, 0.25) is 0 Å². The molecule has 2 N–H and O–H groups in total. The summed E-state index contributed by atoms with van der Waals surface area (Å²) < 4.78 is 0.848. The van der Waals surface area contributed by atoms with Crippen LogP contribution in [0.1, 0.15) is 27.6 Å². The molecule has 10 heteroatoms. The minimum atomic E-state index is -0.672. The number of amides is 3. The fourth-order valence-corrected chi connectivity index (χ4v) is 4.50. The highest BCUT2D eigenvalue weighted by Crippen LogP contribution is 2.42. The monoisotopic (exact) mass is 544 g/mol. The second kappa shape index (κ2) is 8.90. The Labute approximate surface area is 213 Å². The number of rotatable bonds is 5. The van der Waals surface area contributed by atoms with Gasteiger partial charge in [0, 0.05) is 45.2 Å². The molecule has 9 nitrogen and oxygen atoms in total. The van der Waals surface area contributed by atoms with Gasteiger partial charge in [0.05, 0.1) is 16.2 Å². The highest BCUT2D eigenvalue weighted by atomic mass is 79.9. The fourth-order valence-electron chi connectivity index (χ4n) is 4.23. The number of anilines is 4. The number of nitro benzene ring substituents is 1. The minimum Gasteiger partial charge on any atom is -0.349 e. The summed E-state index contributed by atoms with van der Waals surface area (Å²) in [5.74, 6) is -1.48. The van der Waals surface area contributed by atoms with Gasteiger partial charge in [-0.1, -0.05) is 28.1 Å². The number of hydrogen-bond acceptors (Lipinski definition) is 6. The summed E-state index contributed by atoms with van der Waals surface area (Å²) in [4.78, 5) is 50.8. The van der Waals surface area contributed by atoms with Crippen LogP contribution in [0.15, 0.2) is 77.3 Å². The van der Waals surface area contributed by atoms with Crippen molar-refractivity contribution in [3.63, 3.8) is 0 Å². The summed E-state index contributed by atoms with van der Waals surface area (Å²) in [6, 6.07) is 19.4. The van der Waals surface area contributed by atoms with Gasteiger partial charge in [-0.15, -0.1) is 0 Å². The van der Waals surface area contributed by atoms with E-state index in [9.17, 15) is 24.5 Å². The molecule has 36 heavy (non-hydrogen) atoms. The van der Waals surface area contributed by atoms with Gasteiger partial charge in [0.15, 0.2) is 0 Å². The van der Waals surface area contributed by atoms with E-state index in [-0.39, 0.29) is 34.1 Å². The molecule has 0 unspecified atom stereocenters. The SMILES string of the molecule is CC(=O)Nc1ccc(N2C(=O)c3cccc4c(Nc5ccc(Br)cc5)c([N+](=O)[O-])cc(c34)C2=O)cc1. The van der Waals surface area contributed by atoms with E-state index in [1.54, 1.807) is 54.6 Å². The molecule has 0 saturated carbocycles. The van der Waals surface area contributed by atoms with Crippen LogP contribution >= 0.6 is 15.9 Å². The lowest BCUT2D eigenvalue weighted by molar-refractivity contribution is -0.383. The molecule has 1 aliphatic heterocycles. The summed E-state index contributed by atoms with van der Waals surface area (Å²) in [5.41, 5.74) is 1.60. The van der Waals surface area contributed by atoms with Gasteiger partial charge in [-0.2, -0.15) is 0 Å². The molecule has 1 aliphatic rings. The third kappa shape index (κ3) is 3.97. The molecule has 5 rings (SSSR count). The molecular formula is C26H17BrN4O5. The normalized spacial score (nSPS) is 12.6. The summed E-state index contributed by atoms with van der Waals surface area (Å²) in [6.45, 7) is 1.37. The second-order valence-corrected chi connectivity index (χ2v) is 9.02. The van der Waals surface area contributed by atoms with E-state index in [4.69, 9.17) is 0 Å². The number of nitrogens with zero attached hydrogens (tertiary/aromatic N) is 2. The first-order valence-electron chi connectivity index (χ1n) is 10.8. The zero-order chi connectivity index (χ0) is 25.6. The van der Waals surface area contributed by atoms with Gasteiger partial charge in [0.2, 0.25) is 5.91 Å². The minimum absolute atomic E-state index is 0.0548. The molecule has 0 radical (unpaired) electrons. The first kappa shape index (κ1) is 23.2. The summed E-state index contributed by atoms with van der Waals surface area (Å²) in [7, 11) is 0. The zero-order valence-electron chi connectivity index (χ0n) is 18.7. The number of carbonyl (C=O) groups is 3. The van der Waals surface area contributed by atoms with Crippen molar-refractivity contribution >= 4 is 72.9 Å². The number of nitrogens with one attached hydrogen (secondary N) is 2. The Morgan fingerprint density at radius 3 is 2.19 bits per heavy atom. The van der Waals surface area contributed by atoms with Crippen LogP contribution in [0.5, 0.6) is 0 Å². The molecule has 0 saturated heterocycles. The lowest BCUT2D eigenvalue weighted by Gasteiger charge is -2.28. The maximum absolute atomic E-state index is 13.5. The largest absolute Gasteiger partial charge is 0.349 e. The Hall–Kier alpha value is -4.57. The summed E-state index contributed by atoms with van der Waals surface area (Å²) >= 11 is 3.36. The maximum atomic E-state index is 13.5. The van der Waals surface area contributed by atoms with E-state index >= 15 is 0 Å². The Kier molecular flexibility index (Phi) is 5.73. The molecule has 0 spiro atoms. The standard InChI is InChI=1S/C26H17BrN4O5/c1-14(32)28-16-9-11-18(12-10-16)30-25(33)20-4-2-3-19-23(20)21(26(30)34)13-22(31(35)36)24(19)29-17-7-5-15(27)6-8-17/h2-13,29H,1H3,(H,28,32). The molecule has 1 heterocycles. The van der Waals surface area contributed by atoms with Crippen molar-refractivity contribution in [2.45, 2.75) is 6.92 Å². The molecule has 178 valence electrons. The van der Waals surface area contributed by atoms with Crippen LogP contribution in [0.4, 0.5) is 28.4 Å². The molecule has 4 aromatic rings. The predicted octanol–water partition coefficient (Wildman–Crippen LogP) is 6.01. The van der Waals surface area contributed by atoms with Gasteiger partial charge in [-0.25, -0.2) is 4.90 Å². The number of carbonyl (C=O) groups excluding carboxylic acids is 3. The Morgan fingerprint density at radius 2 is 1.56 bits per heavy atom. The Morgan fingerprint density at radius 1 is 0.917 bits per heavy atom. The van der Waals surface area contributed by atoms with E-state index in [0.717, 1.165) is 9.37 Å². The fraction of sp³-hybridized carbons (Fsp3) is 0.0385. The van der Waals surface area contributed by atoms with Crippen molar-refractivity contribution in [2.75, 3.05) is 15.5 Å². The number of imide groups is 1. The second-order valence-electron chi connectivity index (χ2n) is 8.11. The van der Waals surface area contributed by atoms with Crippen LogP contribution in [0, 0.1) is 10.1 Å². The number of nitro groups is 1. The molecule has 0 fully saturated rings. The smallest absolute Gasteiger partial charge is 0.294 e. The van der Waals surface area contributed by atoms with Crippen molar-refractivity contribution in [2.24, 2.45) is 0 Å². The van der Waals surface area contributed by atoms with Crippen LogP contribution < -0.4 is 15.5 Å². The maximum Gasteiger partial charge on any atom is 0.294 e. The summed E-state index contributed by atoms with van der Waals surface area (Å²) in [5, 5.41) is 18.5. The molecule has 0 aromatic heterocycles. The molecular weight excluding hydrogens is 528 g/mol. The van der Waals surface area contributed by atoms with Gasteiger partial charge in [0.1, 0.15) is 5.69 Å². The van der Waals surface area contributed by atoms with E-state index < -0.39 is 16.7 Å². The molecule has 0 atom stereocenters. The zero-order valence-corrected chi connectivity index (χ0v) is 20.3. The third-order valence-corrected chi connectivity index (χ3v) is 6.29. The number of benzene rings is 4. The quantitative estimate of drug-likeness (QED) is 0.180. The highest BCUT2D eigenvalue weighted by Gasteiger charge is 2.37. The first-order valence-corrected chi connectivity index (χ1v) is 11.6. The van der Waals surface area contributed by atoms with Gasteiger partial charge in [-0.3, -0.25) is 24.5 Å². The lowest BCUT2D eigenvalue weighted by Crippen LogP contribution is -2.40. The predicted molar refractivity (Wildman–Crippen MR) is 140 cm³/mol. The van der Waals surface area contributed by atoms with Crippen LogP contribution in [0.3, 0.4) is 0 Å². The molecule has 4 aromatic carbocycles. The van der Waals surface area contributed by atoms with Crippen molar-refractivity contribution in [3.8, 4) is 0 Å². The Balaban J connectivity index is 1.66. The van der Waals surface area contributed by atoms with Gasteiger partial charge >= 0.3 is 0 Å². The van der Waals surface area contributed by atoms with E-state index in [1.807, 2.05) is 0 Å². The first-order chi connectivity index (χ1) is 17.2. The van der Waals surface area contributed by atoms with Crippen LogP contribution in [0.25, 0.3) is 10.8 Å². The Bertz CT molecular complexity index is 1580. The van der Waals surface area contributed by atoms with Gasteiger partial charge in [0.25, 0.3) is 17.5 Å². The van der Waals surface area contributed by atoms with E-state index in [2.05, 4.69) is 26.6 Å². The number of hydrogen-bond donors (Lipinski definition) is 2. The van der Waals surface area contributed by atoms with E-state index in [0.29, 0.717) is 22.1 Å². The van der Waals surface area contributed by atoms with Crippen LogP contribution in [-0.4, -0.2) is 22.6 Å². The average molecular weight is 545 g/mol. The van der Waals surface area contributed by atoms with Gasteiger partial charge < -0.3 is 10.6 Å². The lowest BCUT2D eigenvalue weighted by atomic mass is 9.91. The highest BCUT2D eigenvalue weighted by molar-refractivity contribution is 9.10. The molecule has 0 bridgehead atoms. The van der Waals surface area contributed by atoms with Crippen molar-refractivity contribution in [1.82, 2.24) is 0 Å². The third-order valence-electron chi connectivity index (χ3n) is 5.76. The topological polar surface area (TPSA) is 122 Å². The number of halogens is 1. The average Bonchev–Trinajstić information content (AvgIpc) is 2.85. The molecule has 3 amide bonds. The van der Waals surface area contributed by atoms with Gasteiger partial charge in [-0.05, 0) is 54.6 Å². The van der Waals surface area contributed by atoms with E-state index in [1.165, 1.54) is 25.1 Å². The molecule has 0 aliphatic carbocycles. The van der Waals surface area contributed by atoms with Crippen molar-refractivity contribution in [3.05, 3.63) is 98.5 Å². The van der Waals surface area contributed by atoms with Crippen molar-refractivity contribution < 1.29 is 19.3 Å².